The van der Waals surface area contributed by atoms with Crippen LogP contribution >= 0.6 is 0 Å². The van der Waals surface area contributed by atoms with Crippen LogP contribution in [0.15, 0.2) is 53.7 Å². The number of aryl methyl sites for hydroxylation is 1. The van der Waals surface area contributed by atoms with Gasteiger partial charge in [-0.25, -0.2) is 24.3 Å². The molecule has 0 unspecified atom stereocenters. The second-order valence-electron chi connectivity index (χ2n) is 6.86. The lowest BCUT2D eigenvalue weighted by Crippen LogP contribution is -2.04. The Kier molecular flexibility index (Phi) is 5.01. The van der Waals surface area contributed by atoms with Gasteiger partial charge < -0.3 is 0 Å². The van der Waals surface area contributed by atoms with E-state index in [1.54, 1.807) is 18.3 Å². The molecule has 4 nitrogen and oxygen atoms in total. The number of aliphatic imine (C=N–C) groups is 1. The van der Waals surface area contributed by atoms with Crippen molar-refractivity contribution >= 4 is 11.7 Å². The third-order valence-electron chi connectivity index (χ3n) is 4.78. The van der Waals surface area contributed by atoms with Crippen LogP contribution in [-0.2, 0) is 0 Å². The lowest BCUT2D eigenvalue weighted by Gasteiger charge is -2.12. The van der Waals surface area contributed by atoms with Crippen LogP contribution in [0.3, 0.4) is 0 Å². The quantitative estimate of drug-likeness (QED) is 0.603. The molecule has 1 aromatic carbocycles. The number of pyridine rings is 1. The van der Waals surface area contributed by atoms with E-state index in [0.717, 1.165) is 41.1 Å². The van der Waals surface area contributed by atoms with Crippen LogP contribution in [0.4, 0.5) is 10.3 Å². The Morgan fingerprint density at radius 3 is 2.41 bits per heavy atom. The van der Waals surface area contributed by atoms with Gasteiger partial charge in [0.1, 0.15) is 5.82 Å². The van der Waals surface area contributed by atoms with Crippen molar-refractivity contribution in [1.82, 2.24) is 15.0 Å². The minimum Gasteiger partial charge on any atom is -0.246 e. The Labute approximate surface area is 158 Å². The average Bonchev–Trinajstić information content (AvgIpc) is 2.71. The van der Waals surface area contributed by atoms with Gasteiger partial charge in [-0.3, -0.25) is 0 Å². The van der Waals surface area contributed by atoms with E-state index < -0.39 is 0 Å². The predicted molar refractivity (Wildman–Crippen MR) is 106 cm³/mol. The van der Waals surface area contributed by atoms with Crippen molar-refractivity contribution in [2.24, 2.45) is 4.99 Å². The SMILES string of the molecule is Cc1cnc(N=C2CCCCC2)nc1-c1cccc(-c2ccc(F)cc2)n1. The highest BCUT2D eigenvalue weighted by Crippen LogP contribution is 2.25. The first-order chi connectivity index (χ1) is 13.2. The van der Waals surface area contributed by atoms with Crippen molar-refractivity contribution in [2.75, 3.05) is 0 Å². The lowest BCUT2D eigenvalue weighted by atomic mass is 9.99. The number of benzene rings is 1. The molecule has 0 saturated heterocycles. The zero-order valence-electron chi connectivity index (χ0n) is 15.3. The molecule has 27 heavy (non-hydrogen) atoms. The Bertz CT molecular complexity index is 972. The predicted octanol–water partition coefficient (Wildman–Crippen LogP) is 5.69. The molecular formula is C22H21FN4. The molecule has 0 bridgehead atoms. The van der Waals surface area contributed by atoms with Gasteiger partial charge in [-0.2, -0.15) is 0 Å². The number of aromatic nitrogens is 3. The van der Waals surface area contributed by atoms with Gasteiger partial charge in [-0.05, 0) is 74.6 Å². The number of nitrogens with zero attached hydrogens (tertiary/aromatic N) is 4. The van der Waals surface area contributed by atoms with E-state index in [1.165, 1.54) is 37.1 Å². The minimum atomic E-state index is -0.256. The van der Waals surface area contributed by atoms with Gasteiger partial charge in [0.25, 0.3) is 0 Å². The van der Waals surface area contributed by atoms with Crippen molar-refractivity contribution in [1.29, 1.82) is 0 Å². The van der Waals surface area contributed by atoms with Crippen LogP contribution in [0.1, 0.15) is 37.7 Å². The molecule has 2 aromatic heterocycles. The van der Waals surface area contributed by atoms with Gasteiger partial charge in [-0.15, -0.1) is 0 Å². The largest absolute Gasteiger partial charge is 0.249 e. The molecule has 5 heteroatoms. The first kappa shape index (κ1) is 17.5. The minimum absolute atomic E-state index is 0.256. The van der Waals surface area contributed by atoms with Crippen molar-refractivity contribution < 1.29 is 4.39 Å². The molecule has 1 fully saturated rings. The van der Waals surface area contributed by atoms with Crippen LogP contribution in [-0.4, -0.2) is 20.7 Å². The number of hydrogen-bond acceptors (Lipinski definition) is 4. The summed E-state index contributed by atoms with van der Waals surface area (Å²) in [6, 6.07) is 12.1. The van der Waals surface area contributed by atoms with Crippen LogP contribution in [0.2, 0.25) is 0 Å². The van der Waals surface area contributed by atoms with Crippen LogP contribution in [0.25, 0.3) is 22.6 Å². The molecule has 0 atom stereocenters. The van der Waals surface area contributed by atoms with E-state index in [2.05, 4.69) is 15.0 Å². The summed E-state index contributed by atoms with van der Waals surface area (Å²) in [7, 11) is 0. The molecule has 0 aliphatic heterocycles. The highest BCUT2D eigenvalue weighted by molar-refractivity contribution is 5.86. The average molecular weight is 360 g/mol. The maximum absolute atomic E-state index is 13.2. The molecule has 2 heterocycles. The fraction of sp³-hybridized carbons (Fsp3) is 0.273. The van der Waals surface area contributed by atoms with Gasteiger partial charge >= 0.3 is 0 Å². The fourth-order valence-corrected chi connectivity index (χ4v) is 3.31. The Morgan fingerprint density at radius 1 is 0.889 bits per heavy atom. The lowest BCUT2D eigenvalue weighted by molar-refractivity contribution is 0.628. The normalized spacial score (nSPS) is 14.2. The summed E-state index contributed by atoms with van der Waals surface area (Å²) in [6.07, 6.45) is 7.53. The maximum Gasteiger partial charge on any atom is 0.249 e. The highest BCUT2D eigenvalue weighted by Gasteiger charge is 2.12. The molecule has 1 aliphatic rings. The monoisotopic (exact) mass is 360 g/mol. The topological polar surface area (TPSA) is 51.0 Å². The van der Waals surface area contributed by atoms with E-state index in [1.807, 2.05) is 25.1 Å². The smallest absolute Gasteiger partial charge is 0.246 e. The third-order valence-corrected chi connectivity index (χ3v) is 4.78. The number of hydrogen-bond donors (Lipinski definition) is 0. The number of halogens is 1. The highest BCUT2D eigenvalue weighted by atomic mass is 19.1. The second kappa shape index (κ2) is 7.74. The van der Waals surface area contributed by atoms with E-state index in [0.29, 0.717) is 5.95 Å². The maximum atomic E-state index is 13.2. The van der Waals surface area contributed by atoms with Gasteiger partial charge in [0.05, 0.1) is 17.1 Å². The van der Waals surface area contributed by atoms with Crippen molar-refractivity contribution in [2.45, 2.75) is 39.0 Å². The van der Waals surface area contributed by atoms with Crippen molar-refractivity contribution in [3.8, 4) is 22.6 Å². The summed E-state index contributed by atoms with van der Waals surface area (Å²) in [6.45, 7) is 1.97. The van der Waals surface area contributed by atoms with Crippen molar-refractivity contribution in [3.05, 3.63) is 60.0 Å². The Balaban J connectivity index is 1.69. The zero-order valence-corrected chi connectivity index (χ0v) is 15.3. The van der Waals surface area contributed by atoms with E-state index in [9.17, 15) is 4.39 Å². The summed E-state index contributed by atoms with van der Waals surface area (Å²) in [5, 5.41) is 0. The molecule has 1 aliphatic carbocycles. The summed E-state index contributed by atoms with van der Waals surface area (Å²) in [4.78, 5) is 18.4. The van der Waals surface area contributed by atoms with E-state index in [-0.39, 0.29) is 5.82 Å². The van der Waals surface area contributed by atoms with Crippen molar-refractivity contribution in [3.63, 3.8) is 0 Å². The first-order valence-electron chi connectivity index (χ1n) is 9.32. The van der Waals surface area contributed by atoms with E-state index >= 15 is 0 Å². The fourth-order valence-electron chi connectivity index (χ4n) is 3.31. The number of rotatable bonds is 3. The summed E-state index contributed by atoms with van der Waals surface area (Å²) in [5.74, 6) is 0.245. The summed E-state index contributed by atoms with van der Waals surface area (Å²) >= 11 is 0. The van der Waals surface area contributed by atoms with Crippen LogP contribution in [0, 0.1) is 12.7 Å². The molecule has 0 spiro atoms. The molecule has 0 radical (unpaired) electrons. The standard InChI is InChI=1S/C22H21FN4/c1-15-14-24-22(25-18-6-3-2-4-7-18)27-21(15)20-9-5-8-19(26-20)16-10-12-17(23)13-11-16/h5,8-14H,2-4,6-7H2,1H3. The van der Waals surface area contributed by atoms with Gasteiger partial charge in [-0.1, -0.05) is 12.5 Å². The third kappa shape index (κ3) is 4.08. The molecule has 136 valence electrons. The Morgan fingerprint density at radius 2 is 1.63 bits per heavy atom. The van der Waals surface area contributed by atoms with Crippen LogP contribution < -0.4 is 0 Å². The molecule has 1 saturated carbocycles. The second-order valence-corrected chi connectivity index (χ2v) is 6.86. The molecule has 3 aromatic rings. The molecule has 4 rings (SSSR count). The van der Waals surface area contributed by atoms with Gasteiger partial charge in [0.2, 0.25) is 5.95 Å². The summed E-state index contributed by atoms with van der Waals surface area (Å²) in [5.41, 5.74) is 5.33. The summed E-state index contributed by atoms with van der Waals surface area (Å²) < 4.78 is 13.2. The van der Waals surface area contributed by atoms with Gasteiger partial charge in [0.15, 0.2) is 0 Å². The molecule has 0 amide bonds. The van der Waals surface area contributed by atoms with Crippen LogP contribution in [0.5, 0.6) is 0 Å². The zero-order chi connectivity index (χ0) is 18.6. The van der Waals surface area contributed by atoms with E-state index in [4.69, 9.17) is 4.98 Å². The first-order valence-corrected chi connectivity index (χ1v) is 9.32. The Hall–Kier alpha value is -2.95. The molecular weight excluding hydrogens is 339 g/mol. The molecule has 0 N–H and O–H groups in total. The van der Waals surface area contributed by atoms with Gasteiger partial charge in [0, 0.05) is 17.5 Å².